The summed E-state index contributed by atoms with van der Waals surface area (Å²) >= 11 is 0. The monoisotopic (exact) mass is 396 g/mol. The van der Waals surface area contributed by atoms with Gasteiger partial charge in [0, 0.05) is 5.54 Å². The summed E-state index contributed by atoms with van der Waals surface area (Å²) in [6.45, 7) is 11.7. The predicted molar refractivity (Wildman–Crippen MR) is 118 cm³/mol. The minimum Gasteiger partial charge on any atom is -0.481 e. The van der Waals surface area contributed by atoms with E-state index in [0.29, 0.717) is 22.9 Å². The number of nitrogens with one attached hydrogen (secondary N) is 2. The second kappa shape index (κ2) is 9.59. The van der Waals surface area contributed by atoms with Crippen molar-refractivity contribution in [2.24, 2.45) is 0 Å². The molecule has 2 aromatic carbocycles. The van der Waals surface area contributed by atoms with Crippen LogP contribution in [0.5, 0.6) is 5.75 Å². The predicted octanol–water partition coefficient (Wildman–Crippen LogP) is 5.13. The van der Waals surface area contributed by atoms with Gasteiger partial charge in [-0.15, -0.1) is 0 Å². The Balaban J connectivity index is 2.15. The molecule has 2 rings (SSSR count). The smallest absolute Gasteiger partial charge is 0.265 e. The van der Waals surface area contributed by atoms with Crippen molar-refractivity contribution in [3.63, 3.8) is 0 Å². The number of anilines is 1. The minimum atomic E-state index is -0.709. The molecule has 0 saturated heterocycles. The van der Waals surface area contributed by atoms with Crippen LogP contribution in [0.4, 0.5) is 5.69 Å². The molecular weight excluding hydrogens is 364 g/mol. The van der Waals surface area contributed by atoms with Crippen LogP contribution in [0.25, 0.3) is 0 Å². The van der Waals surface area contributed by atoms with E-state index in [9.17, 15) is 9.59 Å². The summed E-state index contributed by atoms with van der Waals surface area (Å²) in [6, 6.07) is 14.8. The molecule has 2 atom stereocenters. The van der Waals surface area contributed by atoms with E-state index in [1.807, 2.05) is 45.0 Å². The van der Waals surface area contributed by atoms with E-state index < -0.39 is 6.10 Å². The second-order valence-corrected chi connectivity index (χ2v) is 8.35. The van der Waals surface area contributed by atoms with Crippen LogP contribution in [-0.2, 0) is 4.79 Å². The Labute approximate surface area is 173 Å². The van der Waals surface area contributed by atoms with Crippen molar-refractivity contribution in [1.29, 1.82) is 0 Å². The number of benzene rings is 2. The highest BCUT2D eigenvalue weighted by Gasteiger charge is 2.22. The topological polar surface area (TPSA) is 67.4 Å². The van der Waals surface area contributed by atoms with Crippen LogP contribution < -0.4 is 15.4 Å². The highest BCUT2D eigenvalue weighted by atomic mass is 16.5. The van der Waals surface area contributed by atoms with Crippen LogP contribution in [0.15, 0.2) is 48.5 Å². The van der Waals surface area contributed by atoms with E-state index in [-0.39, 0.29) is 17.4 Å². The largest absolute Gasteiger partial charge is 0.481 e. The quantitative estimate of drug-likeness (QED) is 0.681. The second-order valence-electron chi connectivity index (χ2n) is 8.35. The van der Waals surface area contributed by atoms with Gasteiger partial charge in [-0.05, 0) is 63.8 Å². The normalized spacial score (nSPS) is 13.3. The number of amides is 2. The van der Waals surface area contributed by atoms with E-state index in [4.69, 9.17) is 4.74 Å². The first-order valence-electron chi connectivity index (χ1n) is 10.1. The first-order chi connectivity index (χ1) is 13.6. The van der Waals surface area contributed by atoms with E-state index in [0.717, 1.165) is 12.0 Å². The molecular formula is C24H32N2O3. The lowest BCUT2D eigenvalue weighted by molar-refractivity contribution is -0.122. The van der Waals surface area contributed by atoms with Crippen LogP contribution in [-0.4, -0.2) is 23.5 Å². The standard InChI is InChI=1S/C24H32N2O3/c1-7-16(2)18-12-9-11-15-21(18)29-17(3)22(27)25-20-14-10-8-13-19(20)23(28)26-24(4,5)6/h8-17H,7H2,1-6H3,(H,25,27)(H,26,28). The van der Waals surface area contributed by atoms with Gasteiger partial charge in [0.05, 0.1) is 11.3 Å². The zero-order valence-corrected chi connectivity index (χ0v) is 18.2. The number of ether oxygens (including phenoxy) is 1. The van der Waals surface area contributed by atoms with Gasteiger partial charge in [0.1, 0.15) is 5.75 Å². The van der Waals surface area contributed by atoms with Crippen molar-refractivity contribution in [2.45, 2.75) is 65.5 Å². The Morgan fingerprint density at radius 2 is 1.62 bits per heavy atom. The lowest BCUT2D eigenvalue weighted by Gasteiger charge is -2.22. The van der Waals surface area contributed by atoms with Gasteiger partial charge >= 0.3 is 0 Å². The third-order valence-electron chi connectivity index (χ3n) is 4.65. The zero-order valence-electron chi connectivity index (χ0n) is 18.2. The van der Waals surface area contributed by atoms with E-state index in [1.54, 1.807) is 31.2 Å². The number of hydrogen-bond donors (Lipinski definition) is 2. The lowest BCUT2D eigenvalue weighted by Crippen LogP contribution is -2.41. The molecule has 0 bridgehead atoms. The molecule has 0 radical (unpaired) electrons. The van der Waals surface area contributed by atoms with Gasteiger partial charge < -0.3 is 15.4 Å². The molecule has 0 fully saturated rings. The zero-order chi connectivity index (χ0) is 21.6. The van der Waals surface area contributed by atoms with Crippen LogP contribution in [0.2, 0.25) is 0 Å². The molecule has 0 saturated carbocycles. The molecule has 2 N–H and O–H groups in total. The van der Waals surface area contributed by atoms with Gasteiger partial charge in [-0.25, -0.2) is 0 Å². The Hall–Kier alpha value is -2.82. The van der Waals surface area contributed by atoms with Gasteiger partial charge in [-0.2, -0.15) is 0 Å². The molecule has 2 aromatic rings. The summed E-state index contributed by atoms with van der Waals surface area (Å²) in [5.41, 5.74) is 1.59. The number of para-hydroxylation sites is 2. The third kappa shape index (κ3) is 6.34. The fourth-order valence-corrected chi connectivity index (χ4v) is 2.89. The Bertz CT molecular complexity index is 855. The van der Waals surface area contributed by atoms with Crippen LogP contribution in [0, 0.1) is 0 Å². The van der Waals surface area contributed by atoms with E-state index in [1.165, 1.54) is 0 Å². The fraction of sp³-hybridized carbons (Fsp3) is 0.417. The van der Waals surface area contributed by atoms with Gasteiger partial charge in [0.15, 0.2) is 6.10 Å². The average Bonchev–Trinajstić information content (AvgIpc) is 2.66. The number of carbonyl (C=O) groups excluding carboxylic acids is 2. The van der Waals surface area contributed by atoms with E-state index in [2.05, 4.69) is 24.5 Å². The maximum atomic E-state index is 12.8. The van der Waals surface area contributed by atoms with Crippen molar-refractivity contribution in [3.8, 4) is 5.75 Å². The molecule has 0 aliphatic rings. The summed E-state index contributed by atoms with van der Waals surface area (Å²) in [6.07, 6.45) is 0.274. The van der Waals surface area contributed by atoms with Gasteiger partial charge in [0.25, 0.3) is 11.8 Å². The molecule has 156 valence electrons. The van der Waals surface area contributed by atoms with Crippen LogP contribution in [0.1, 0.15) is 69.8 Å². The first kappa shape index (κ1) is 22.5. The Kier molecular flexibility index (Phi) is 7.43. The number of hydrogen-bond acceptors (Lipinski definition) is 3. The molecule has 2 amide bonds. The molecule has 5 heteroatoms. The Morgan fingerprint density at radius 1 is 1.00 bits per heavy atom. The summed E-state index contributed by atoms with van der Waals surface area (Å²) < 4.78 is 5.97. The van der Waals surface area contributed by atoms with Crippen molar-refractivity contribution in [1.82, 2.24) is 5.32 Å². The molecule has 5 nitrogen and oxygen atoms in total. The highest BCUT2D eigenvalue weighted by molar-refractivity contribution is 6.04. The minimum absolute atomic E-state index is 0.232. The van der Waals surface area contributed by atoms with Crippen molar-refractivity contribution in [2.75, 3.05) is 5.32 Å². The van der Waals surface area contributed by atoms with E-state index >= 15 is 0 Å². The molecule has 0 aliphatic carbocycles. The average molecular weight is 397 g/mol. The summed E-state index contributed by atoms with van der Waals surface area (Å²) in [7, 11) is 0. The number of carbonyl (C=O) groups is 2. The SMILES string of the molecule is CCC(C)c1ccccc1OC(C)C(=O)Nc1ccccc1C(=O)NC(C)(C)C. The maximum Gasteiger partial charge on any atom is 0.265 e. The molecule has 0 aromatic heterocycles. The maximum absolute atomic E-state index is 12.8. The summed E-state index contributed by atoms with van der Waals surface area (Å²) in [4.78, 5) is 25.3. The molecule has 0 spiro atoms. The molecule has 29 heavy (non-hydrogen) atoms. The van der Waals surface area contributed by atoms with Gasteiger partial charge in [-0.3, -0.25) is 9.59 Å². The molecule has 2 unspecified atom stereocenters. The fourth-order valence-electron chi connectivity index (χ4n) is 2.89. The number of rotatable bonds is 7. The molecule has 0 heterocycles. The molecule has 0 aliphatic heterocycles. The Morgan fingerprint density at radius 3 is 2.28 bits per heavy atom. The summed E-state index contributed by atoms with van der Waals surface area (Å²) in [5.74, 6) is 0.510. The lowest BCUT2D eigenvalue weighted by atomic mass is 9.98. The van der Waals surface area contributed by atoms with Gasteiger partial charge in [-0.1, -0.05) is 44.2 Å². The van der Waals surface area contributed by atoms with Gasteiger partial charge in [0.2, 0.25) is 0 Å². The highest BCUT2D eigenvalue weighted by Crippen LogP contribution is 2.29. The first-order valence-corrected chi connectivity index (χ1v) is 10.1. The van der Waals surface area contributed by atoms with Crippen LogP contribution in [0.3, 0.4) is 0 Å². The van der Waals surface area contributed by atoms with Crippen LogP contribution >= 0.6 is 0 Å². The van der Waals surface area contributed by atoms with Crippen molar-refractivity contribution in [3.05, 3.63) is 59.7 Å². The van der Waals surface area contributed by atoms with Crippen molar-refractivity contribution >= 4 is 17.5 Å². The summed E-state index contributed by atoms with van der Waals surface area (Å²) in [5, 5.41) is 5.76. The van der Waals surface area contributed by atoms with Crippen molar-refractivity contribution < 1.29 is 14.3 Å². The third-order valence-corrected chi connectivity index (χ3v) is 4.65.